The lowest BCUT2D eigenvalue weighted by molar-refractivity contribution is -0.0166. The molecule has 31 heteroatoms. The number of benzene rings is 11. The van der Waals surface area contributed by atoms with Crippen LogP contribution in [0.25, 0.3) is 114 Å². The second kappa shape index (κ2) is 46.1. The first-order chi connectivity index (χ1) is 61.6. The minimum absolute atomic E-state index is 0.0954. The van der Waals surface area contributed by atoms with Crippen molar-refractivity contribution >= 4 is 181 Å². The van der Waals surface area contributed by atoms with Gasteiger partial charge in [-0.1, -0.05) is 150 Å². The highest BCUT2D eigenvalue weighted by Crippen LogP contribution is 2.45. The quantitative estimate of drug-likeness (QED) is 0.0333. The van der Waals surface area contributed by atoms with E-state index in [1.165, 1.54) is 36.4 Å². The summed E-state index contributed by atoms with van der Waals surface area (Å²) in [6.45, 7) is 32.6. The van der Waals surface area contributed by atoms with Crippen LogP contribution in [0.4, 0.5) is 40.3 Å². The standard InChI is InChI=1S/C29H26FN3O2.C23H14ClFN2O.C16H10BrClFNO.C10H7BrINO.C7H6BNO2.C6H5BClFO2.C6H13NO/c1-18-16-33(17-19(2)35-18)22-12-13-24(27(30)14-22)26-15-32-28-23(6-5-7-25(28)29(26)34-4)20-8-10-21(31-3)11-9-20;1-26-16-9-6-14(7-10-16)17-4-3-5-19-22(17)27-13-20(23(19)28-2)18-11-8-15(24)12-21(18)25;1-21-16-11-3-2-4-13(17)15(11)20-8-12(16)10-6-5-9(18)7-14(10)19;1-14-10-6-3-2-4-7(11)9(6)13-5-8(10)12;1-9-7-4-2-6(3-5-7)8(10)11;8-4-1-2-5(7(10)11)6(9)3-4;1-5-3-7-4-6(2)8-5/h5-15,18-19H,16-17H2,1-2,4H3;3-13H,2H3;2-8H,1H3;2-5H,1H3;2-5,10-11H;1-3,10-11H;5-7H,3-4H2,1-2H3/t18-,19+;;;;;;5-,6+. The molecule has 0 saturated carbocycles. The number of para-hydroxylation sites is 4. The van der Waals surface area contributed by atoms with E-state index in [2.05, 4.69) is 108 Å². The second-order valence-electron chi connectivity index (χ2n) is 28.9. The van der Waals surface area contributed by atoms with Gasteiger partial charge in [0.25, 0.3) is 0 Å². The molecule has 2 saturated heterocycles. The Labute approximate surface area is 784 Å². The molecule has 0 bridgehead atoms. The molecule has 4 aromatic heterocycles. The number of nitrogens with one attached hydrogen (secondary N) is 1. The van der Waals surface area contributed by atoms with Crippen molar-refractivity contribution in [3.8, 4) is 78.6 Å². The summed E-state index contributed by atoms with van der Waals surface area (Å²) in [5, 5.41) is 42.1. The number of morpholine rings is 2. The van der Waals surface area contributed by atoms with E-state index >= 15 is 4.39 Å². The second-order valence-corrected chi connectivity index (χ2v) is 33.0. The van der Waals surface area contributed by atoms with Crippen LogP contribution in [0.3, 0.4) is 0 Å². The first-order valence-electron chi connectivity index (χ1n) is 39.5. The Kier molecular flexibility index (Phi) is 35.0. The van der Waals surface area contributed by atoms with Gasteiger partial charge in [0, 0.05) is 152 Å². The fraction of sp³-hybridized carbons (Fsp3) is 0.165. The van der Waals surface area contributed by atoms with Crippen molar-refractivity contribution in [2.24, 2.45) is 0 Å². The van der Waals surface area contributed by atoms with E-state index in [9.17, 15) is 13.2 Å². The molecule has 15 aromatic rings. The zero-order chi connectivity index (χ0) is 92.0. The molecule has 128 heavy (non-hydrogen) atoms. The topological polar surface area (TPSA) is 216 Å². The molecule has 5 N–H and O–H groups in total. The van der Waals surface area contributed by atoms with E-state index < -0.39 is 31.7 Å². The summed E-state index contributed by atoms with van der Waals surface area (Å²) >= 11 is 26.2. The summed E-state index contributed by atoms with van der Waals surface area (Å²) in [7, 11) is 3.16. The van der Waals surface area contributed by atoms with Crippen molar-refractivity contribution < 1.29 is 66.1 Å². The van der Waals surface area contributed by atoms with Crippen LogP contribution in [-0.4, -0.2) is 133 Å². The molecule has 19 nitrogen and oxygen atoms in total. The Bertz CT molecular complexity index is 6580. The molecule has 11 aromatic carbocycles. The molecule has 0 aliphatic carbocycles. The molecule has 0 unspecified atom stereocenters. The highest BCUT2D eigenvalue weighted by Gasteiger charge is 2.26. The third kappa shape index (κ3) is 24.3. The molecule has 2 fully saturated rings. The van der Waals surface area contributed by atoms with Crippen LogP contribution >= 0.6 is 89.3 Å². The number of aromatic nitrogens is 4. The third-order valence-corrected chi connectivity index (χ3v) is 22.8. The number of nitrogens with zero attached hydrogens (tertiary/aromatic N) is 8. The van der Waals surface area contributed by atoms with Gasteiger partial charge in [-0.3, -0.25) is 19.9 Å². The van der Waals surface area contributed by atoms with Crippen LogP contribution in [0, 0.1) is 46.6 Å². The minimum Gasteiger partial charge on any atom is -0.495 e. The molecule has 2 aliphatic heterocycles. The van der Waals surface area contributed by atoms with E-state index in [1.54, 1.807) is 120 Å². The first-order valence-corrected chi connectivity index (χ1v) is 43.3. The van der Waals surface area contributed by atoms with Gasteiger partial charge in [0.05, 0.1) is 98.2 Å². The summed E-state index contributed by atoms with van der Waals surface area (Å²) in [4.78, 5) is 30.3. The van der Waals surface area contributed by atoms with E-state index in [4.69, 9.17) is 108 Å². The molecular weight excluding hydrogens is 1940 g/mol. The highest BCUT2D eigenvalue weighted by atomic mass is 127. The summed E-state index contributed by atoms with van der Waals surface area (Å²) in [6, 6.07) is 62.2. The normalized spacial score (nSPS) is 14.2. The molecule has 2 aliphatic rings. The molecule has 4 atom stereocenters. The van der Waals surface area contributed by atoms with Crippen molar-refractivity contribution in [2.75, 3.05) is 59.5 Å². The van der Waals surface area contributed by atoms with Crippen molar-refractivity contribution in [1.82, 2.24) is 25.3 Å². The maximum Gasteiger partial charge on any atom is 0.491 e. The first kappa shape index (κ1) is 97.3. The number of pyridine rings is 4. The Hall–Kier alpha value is -11.3. The maximum atomic E-state index is 15.5. The van der Waals surface area contributed by atoms with E-state index in [0.29, 0.717) is 95.4 Å². The van der Waals surface area contributed by atoms with Gasteiger partial charge < -0.3 is 58.7 Å². The lowest BCUT2D eigenvalue weighted by atomic mass is 9.80. The van der Waals surface area contributed by atoms with Crippen molar-refractivity contribution in [3.63, 3.8) is 0 Å². The number of hydrogen-bond donors (Lipinski definition) is 5. The van der Waals surface area contributed by atoms with Gasteiger partial charge in [0.15, 0.2) is 17.1 Å². The van der Waals surface area contributed by atoms with E-state index in [-0.39, 0.29) is 28.5 Å². The SMILES string of the molecule is COc1c(-c2ccc(Cl)cc2F)cnc2c(Br)cccc12.COc1c(I)cnc2c(Br)cccc12.C[C@@H]1CNC[C@H](C)O1.OB(O)c1ccc(Cl)cc1F.[C-]#[N+]c1ccc(-c2cccc3c(OC)c(-c4ccc(Cl)cc4F)cnc23)cc1.[C-]#[N+]c1ccc(-c2cccc3c(OC)c(-c4ccc(N5C[C@@H](C)O[C@@H](C)C5)cc4F)cnc23)cc1.[C-]#[N+]c1ccc(B(O)O)cc1. The Morgan fingerprint density at radius 1 is 0.414 bits per heavy atom. The number of halogens is 10. The van der Waals surface area contributed by atoms with Crippen LogP contribution in [0.5, 0.6) is 23.0 Å². The third-order valence-electron chi connectivity index (χ3n) is 20.0. The summed E-state index contributed by atoms with van der Waals surface area (Å²) in [5.41, 5.74) is 12.7. The van der Waals surface area contributed by atoms with Gasteiger partial charge in [-0.2, -0.15) is 0 Å². The molecule has 6 heterocycles. The number of rotatable bonds is 12. The van der Waals surface area contributed by atoms with Crippen molar-refractivity contribution in [1.29, 1.82) is 0 Å². The van der Waals surface area contributed by atoms with Gasteiger partial charge in [0.1, 0.15) is 46.3 Å². The number of fused-ring (bicyclic) bond motifs is 4. The summed E-state index contributed by atoms with van der Waals surface area (Å²) in [5.74, 6) is 0.724. The van der Waals surface area contributed by atoms with Gasteiger partial charge >= 0.3 is 14.2 Å². The highest BCUT2D eigenvalue weighted by molar-refractivity contribution is 14.1. The lowest BCUT2D eigenvalue weighted by Gasteiger charge is -2.37. The number of hydrogen-bond acceptors (Lipinski definition) is 16. The van der Waals surface area contributed by atoms with Crippen LogP contribution in [0.15, 0.2) is 252 Å². The van der Waals surface area contributed by atoms with Gasteiger partial charge in [-0.25, -0.2) is 32.1 Å². The van der Waals surface area contributed by atoms with Crippen LogP contribution in [0.1, 0.15) is 27.7 Å². The van der Waals surface area contributed by atoms with E-state index in [1.807, 2.05) is 123 Å². The average molecular weight is 2020 g/mol. The monoisotopic (exact) mass is 2020 g/mol. The van der Waals surface area contributed by atoms with Gasteiger partial charge in [-0.15, -0.1) is 0 Å². The van der Waals surface area contributed by atoms with Crippen molar-refractivity contribution in [2.45, 2.75) is 52.1 Å². The minimum atomic E-state index is -1.78. The molecular formula is C97H81B2Br2Cl3F4IN9O10. The molecule has 0 amide bonds. The molecule has 0 radical (unpaired) electrons. The average Bonchev–Trinajstić information content (AvgIpc) is 0.753. The smallest absolute Gasteiger partial charge is 0.491 e. The Balaban J connectivity index is 0.000000153. The molecule has 0 spiro atoms. The number of ether oxygens (including phenoxy) is 6. The fourth-order valence-corrected chi connectivity index (χ4v) is 16.2. The van der Waals surface area contributed by atoms with Crippen LogP contribution in [0.2, 0.25) is 15.1 Å². The maximum absolute atomic E-state index is 15.5. The number of anilines is 1. The Morgan fingerprint density at radius 3 is 1.13 bits per heavy atom. The molecule has 650 valence electrons. The predicted molar refractivity (Wildman–Crippen MR) is 520 cm³/mol. The largest absolute Gasteiger partial charge is 0.495 e. The zero-order valence-electron chi connectivity index (χ0n) is 70.0. The summed E-state index contributed by atoms with van der Waals surface area (Å²) in [6.07, 6.45) is 7.71. The van der Waals surface area contributed by atoms with Crippen LogP contribution < -0.4 is 40.1 Å². The molecule has 17 rings (SSSR count). The van der Waals surface area contributed by atoms with E-state index in [0.717, 1.165) is 122 Å². The Morgan fingerprint density at radius 2 is 0.766 bits per heavy atom. The van der Waals surface area contributed by atoms with Crippen LogP contribution in [-0.2, 0) is 9.47 Å². The number of methoxy groups -OCH3 is 4. The lowest BCUT2D eigenvalue weighted by Crippen LogP contribution is -2.45. The fourth-order valence-electron chi connectivity index (χ4n) is 14.2. The van der Waals surface area contributed by atoms with Gasteiger partial charge in [0.2, 0.25) is 0 Å². The predicted octanol–water partition coefficient (Wildman–Crippen LogP) is 23.3. The zero-order valence-corrected chi connectivity index (χ0v) is 77.6. The summed E-state index contributed by atoms with van der Waals surface area (Å²) < 4.78 is 93.2. The van der Waals surface area contributed by atoms with Gasteiger partial charge in [-0.05, 0) is 202 Å². The van der Waals surface area contributed by atoms with Crippen molar-refractivity contribution in [3.05, 3.63) is 328 Å².